The van der Waals surface area contributed by atoms with Crippen LogP contribution in [0.1, 0.15) is 42.5 Å². The molecule has 0 spiro atoms. The molecular weight excluding hydrogens is 354 g/mol. The predicted octanol–water partition coefficient (Wildman–Crippen LogP) is 1.88. The van der Waals surface area contributed by atoms with E-state index in [9.17, 15) is 9.59 Å². The van der Waals surface area contributed by atoms with Gasteiger partial charge in [-0.1, -0.05) is 0 Å². The topological polar surface area (TPSA) is 79.5 Å². The molecule has 2 heterocycles. The van der Waals surface area contributed by atoms with Crippen LogP contribution in [-0.2, 0) is 4.79 Å². The molecule has 1 aromatic carbocycles. The normalized spacial score (nSPS) is 23.7. The fraction of sp³-hybridized carbons (Fsp3) is 0.579. The van der Waals surface area contributed by atoms with Gasteiger partial charge in [0, 0.05) is 37.2 Å². The minimum absolute atomic E-state index is 0. The summed E-state index contributed by atoms with van der Waals surface area (Å²) in [7, 11) is 1.59. The van der Waals surface area contributed by atoms with Gasteiger partial charge in [-0.3, -0.25) is 9.59 Å². The zero-order valence-corrected chi connectivity index (χ0v) is 15.9. The van der Waals surface area contributed by atoms with E-state index in [1.807, 2.05) is 0 Å². The Kier molecular flexibility index (Phi) is 7.72. The molecule has 0 radical (unpaired) electrons. The average molecular weight is 382 g/mol. The number of hydrogen-bond acceptors (Lipinski definition) is 4. The van der Waals surface area contributed by atoms with E-state index in [2.05, 4.69) is 16.0 Å². The molecule has 2 atom stereocenters. The van der Waals surface area contributed by atoms with Gasteiger partial charge in [-0.25, -0.2) is 0 Å². The molecule has 26 heavy (non-hydrogen) atoms. The first kappa shape index (κ1) is 20.5. The van der Waals surface area contributed by atoms with Crippen molar-refractivity contribution in [2.75, 3.05) is 20.2 Å². The van der Waals surface area contributed by atoms with Crippen molar-refractivity contribution >= 4 is 24.2 Å². The lowest BCUT2D eigenvalue weighted by molar-refractivity contribution is -0.122. The minimum Gasteiger partial charge on any atom is -0.497 e. The van der Waals surface area contributed by atoms with Crippen molar-refractivity contribution in [3.05, 3.63) is 29.8 Å². The summed E-state index contributed by atoms with van der Waals surface area (Å²) < 4.78 is 5.07. The van der Waals surface area contributed by atoms with Gasteiger partial charge in [-0.05, 0) is 55.9 Å². The molecule has 3 rings (SSSR count). The molecule has 6 nitrogen and oxygen atoms in total. The quantitative estimate of drug-likeness (QED) is 0.630. The molecule has 144 valence electrons. The van der Waals surface area contributed by atoms with E-state index in [0.717, 1.165) is 18.6 Å². The summed E-state index contributed by atoms with van der Waals surface area (Å²) >= 11 is 0. The van der Waals surface area contributed by atoms with E-state index in [1.165, 1.54) is 12.8 Å². The zero-order valence-electron chi connectivity index (χ0n) is 15.1. The molecule has 3 N–H and O–H groups in total. The highest BCUT2D eigenvalue weighted by molar-refractivity contribution is 5.94. The highest BCUT2D eigenvalue weighted by atomic mass is 35.5. The summed E-state index contributed by atoms with van der Waals surface area (Å²) in [5.41, 5.74) is 0.581. The van der Waals surface area contributed by atoms with Crippen LogP contribution in [0.3, 0.4) is 0 Å². The molecule has 0 aromatic heterocycles. The number of nitrogens with one attached hydrogen (secondary N) is 3. The molecule has 2 aliphatic rings. The third-order valence-corrected chi connectivity index (χ3v) is 5.13. The molecule has 2 fully saturated rings. The van der Waals surface area contributed by atoms with Crippen LogP contribution in [0.25, 0.3) is 0 Å². The van der Waals surface area contributed by atoms with Crippen LogP contribution in [0.2, 0.25) is 0 Å². The number of methoxy groups -OCH3 is 1. The van der Waals surface area contributed by atoms with Gasteiger partial charge in [0.25, 0.3) is 5.91 Å². The van der Waals surface area contributed by atoms with Crippen LogP contribution in [0, 0.1) is 5.92 Å². The molecule has 7 heteroatoms. The summed E-state index contributed by atoms with van der Waals surface area (Å²) in [5.74, 6) is 1.15. The molecule has 2 bridgehead atoms. The number of halogens is 1. The second kappa shape index (κ2) is 9.78. The van der Waals surface area contributed by atoms with Crippen molar-refractivity contribution in [2.45, 2.75) is 44.2 Å². The Balaban J connectivity index is 0.00000243. The van der Waals surface area contributed by atoms with Crippen molar-refractivity contribution in [3.8, 4) is 5.75 Å². The second-order valence-corrected chi connectivity index (χ2v) is 7.01. The monoisotopic (exact) mass is 381 g/mol. The number of rotatable bonds is 7. The van der Waals surface area contributed by atoms with Crippen LogP contribution in [0.5, 0.6) is 5.75 Å². The van der Waals surface area contributed by atoms with Crippen LogP contribution in [0.4, 0.5) is 0 Å². The Labute approximate surface area is 160 Å². The van der Waals surface area contributed by atoms with E-state index >= 15 is 0 Å². The summed E-state index contributed by atoms with van der Waals surface area (Å²) in [5, 5.41) is 9.32. The number of fused-ring (bicyclic) bond motifs is 2. The van der Waals surface area contributed by atoms with Gasteiger partial charge in [0.2, 0.25) is 5.91 Å². The van der Waals surface area contributed by atoms with Crippen LogP contribution in [0.15, 0.2) is 24.3 Å². The molecule has 2 amide bonds. The minimum atomic E-state index is -0.146. The third-order valence-electron chi connectivity index (χ3n) is 5.13. The smallest absolute Gasteiger partial charge is 0.251 e. The Hall–Kier alpha value is -1.79. The molecule has 0 saturated carbocycles. The van der Waals surface area contributed by atoms with E-state index in [1.54, 1.807) is 31.4 Å². The van der Waals surface area contributed by atoms with Crippen molar-refractivity contribution in [1.82, 2.24) is 16.0 Å². The molecule has 0 aliphatic carbocycles. The number of piperidine rings is 1. The average Bonchev–Trinajstić information content (AvgIpc) is 2.97. The van der Waals surface area contributed by atoms with Gasteiger partial charge < -0.3 is 20.7 Å². The Morgan fingerprint density at radius 3 is 2.31 bits per heavy atom. The maximum Gasteiger partial charge on any atom is 0.251 e. The second-order valence-electron chi connectivity index (χ2n) is 7.01. The standard InChI is InChI=1S/C19H27N3O3.ClH/c1-25-17-6-2-14(3-7-17)19(24)21-9-8-20-18(23)12-13-10-15-4-5-16(11-13)22-15;/h2-3,6-7,13,15-16,22H,4-5,8-12H2,1H3,(H,20,23)(H,21,24);1H. The SMILES string of the molecule is COc1ccc(C(=O)NCCNC(=O)CC2CC3CCC(C2)N3)cc1.Cl. The number of amides is 2. The molecular formula is C19H28ClN3O3. The molecule has 2 aliphatic heterocycles. The Morgan fingerprint density at radius 2 is 1.69 bits per heavy atom. The van der Waals surface area contributed by atoms with E-state index in [-0.39, 0.29) is 24.2 Å². The largest absolute Gasteiger partial charge is 0.497 e. The summed E-state index contributed by atoms with van der Waals surface area (Å²) in [4.78, 5) is 24.1. The lowest BCUT2D eigenvalue weighted by Crippen LogP contribution is -2.40. The van der Waals surface area contributed by atoms with Gasteiger partial charge in [0.05, 0.1) is 7.11 Å². The number of carbonyl (C=O) groups excluding carboxylic acids is 2. The first-order valence-electron chi connectivity index (χ1n) is 9.09. The van der Waals surface area contributed by atoms with Crippen molar-refractivity contribution in [3.63, 3.8) is 0 Å². The fourth-order valence-corrected chi connectivity index (χ4v) is 3.90. The molecule has 2 saturated heterocycles. The number of hydrogen-bond donors (Lipinski definition) is 3. The first-order chi connectivity index (χ1) is 12.1. The van der Waals surface area contributed by atoms with Crippen molar-refractivity contribution < 1.29 is 14.3 Å². The van der Waals surface area contributed by atoms with E-state index in [4.69, 9.17) is 4.74 Å². The lowest BCUT2D eigenvalue weighted by atomic mass is 9.89. The zero-order chi connectivity index (χ0) is 17.6. The summed E-state index contributed by atoms with van der Waals surface area (Å²) in [6.45, 7) is 0.882. The third kappa shape index (κ3) is 5.61. The summed E-state index contributed by atoms with van der Waals surface area (Å²) in [6, 6.07) is 8.17. The molecule has 2 unspecified atom stereocenters. The lowest BCUT2D eigenvalue weighted by Gasteiger charge is -2.28. The van der Waals surface area contributed by atoms with Gasteiger partial charge >= 0.3 is 0 Å². The van der Waals surface area contributed by atoms with Gasteiger partial charge in [0.15, 0.2) is 0 Å². The predicted molar refractivity (Wildman–Crippen MR) is 103 cm³/mol. The van der Waals surface area contributed by atoms with Gasteiger partial charge in [-0.15, -0.1) is 12.4 Å². The van der Waals surface area contributed by atoms with E-state index in [0.29, 0.717) is 43.1 Å². The number of carbonyl (C=O) groups is 2. The van der Waals surface area contributed by atoms with Crippen LogP contribution < -0.4 is 20.7 Å². The maximum atomic E-state index is 12.1. The van der Waals surface area contributed by atoms with Gasteiger partial charge in [-0.2, -0.15) is 0 Å². The highest BCUT2D eigenvalue weighted by Crippen LogP contribution is 2.32. The van der Waals surface area contributed by atoms with Crippen molar-refractivity contribution in [2.24, 2.45) is 5.92 Å². The van der Waals surface area contributed by atoms with E-state index < -0.39 is 0 Å². The van der Waals surface area contributed by atoms with Crippen LogP contribution >= 0.6 is 12.4 Å². The highest BCUT2D eigenvalue weighted by Gasteiger charge is 2.34. The maximum absolute atomic E-state index is 12.1. The molecule has 1 aromatic rings. The van der Waals surface area contributed by atoms with Gasteiger partial charge in [0.1, 0.15) is 5.75 Å². The number of ether oxygens (including phenoxy) is 1. The fourth-order valence-electron chi connectivity index (χ4n) is 3.90. The summed E-state index contributed by atoms with van der Waals surface area (Å²) in [6.07, 6.45) is 5.32. The Morgan fingerprint density at radius 1 is 1.08 bits per heavy atom. The Bertz CT molecular complexity index is 597. The van der Waals surface area contributed by atoms with Crippen molar-refractivity contribution in [1.29, 1.82) is 0 Å². The first-order valence-corrected chi connectivity index (χ1v) is 9.09. The van der Waals surface area contributed by atoms with Crippen LogP contribution in [-0.4, -0.2) is 44.1 Å². The number of benzene rings is 1.